The molecule has 0 aliphatic carbocycles. The number of nitrogens with one attached hydrogen (secondary N) is 1. The highest BCUT2D eigenvalue weighted by Gasteiger charge is 2.40. The lowest BCUT2D eigenvalue weighted by Crippen LogP contribution is -2.23. The zero-order valence-electron chi connectivity index (χ0n) is 10.3. The molecule has 1 aromatic rings. The number of rotatable bonds is 2. The second kappa shape index (κ2) is 5.51. The van der Waals surface area contributed by atoms with Crippen LogP contribution in [0.5, 0.6) is 0 Å². The van der Waals surface area contributed by atoms with Crippen molar-refractivity contribution < 1.29 is 31.1 Å². The molecule has 0 saturated carbocycles. The van der Waals surface area contributed by atoms with Crippen molar-refractivity contribution in [2.75, 3.05) is 5.32 Å². The molecule has 116 valence electrons. The van der Waals surface area contributed by atoms with Gasteiger partial charge >= 0.3 is 12.4 Å². The Balaban J connectivity index is 3.74. The minimum Gasteiger partial charge on any atom is -0.376 e. The van der Waals surface area contributed by atoms with Gasteiger partial charge in [-0.25, -0.2) is 0 Å². The zero-order valence-corrected chi connectivity index (χ0v) is 11.1. The van der Waals surface area contributed by atoms with Crippen molar-refractivity contribution >= 4 is 28.8 Å². The fraction of sp³-hybridized carbons (Fsp3) is 0.273. The summed E-state index contributed by atoms with van der Waals surface area (Å²) in [6.45, 7) is 0.794. The maximum absolute atomic E-state index is 12.9. The second-order valence-corrected chi connectivity index (χ2v) is 4.43. The first kappa shape index (κ1) is 17.2. The molecule has 0 bridgehead atoms. The Morgan fingerprint density at radius 3 is 2.00 bits per heavy atom. The minimum atomic E-state index is -5.14. The van der Waals surface area contributed by atoms with Gasteiger partial charge in [-0.3, -0.25) is 4.79 Å². The molecule has 1 aromatic carbocycles. The third kappa shape index (κ3) is 4.06. The SMILES string of the molecule is CC(=O)c1c(NC(N)=S)cc(C(F)(F)F)cc1C(F)(F)F. The fourth-order valence-corrected chi connectivity index (χ4v) is 1.75. The van der Waals surface area contributed by atoms with Crippen LogP contribution in [0.1, 0.15) is 28.4 Å². The highest BCUT2D eigenvalue weighted by Crippen LogP contribution is 2.40. The van der Waals surface area contributed by atoms with Crippen molar-refractivity contribution in [2.45, 2.75) is 19.3 Å². The Bertz CT molecular complexity index is 594. The quantitative estimate of drug-likeness (QED) is 0.494. The molecule has 1 rings (SSSR count). The number of anilines is 1. The first-order chi connectivity index (χ1) is 9.34. The van der Waals surface area contributed by atoms with Crippen LogP contribution in [0.2, 0.25) is 0 Å². The number of Topliss-reactive ketones (excluding diaryl/α,β-unsaturated/α-hetero) is 1. The number of hydrogen-bond donors (Lipinski definition) is 2. The molecule has 21 heavy (non-hydrogen) atoms. The molecular weight excluding hydrogens is 322 g/mol. The maximum atomic E-state index is 12.9. The third-order valence-electron chi connectivity index (χ3n) is 2.38. The van der Waals surface area contributed by atoms with Crippen LogP contribution in [-0.2, 0) is 12.4 Å². The number of benzene rings is 1. The number of carbonyl (C=O) groups excluding carboxylic acids is 1. The van der Waals surface area contributed by atoms with Gasteiger partial charge in [0, 0.05) is 0 Å². The highest BCUT2D eigenvalue weighted by atomic mass is 32.1. The summed E-state index contributed by atoms with van der Waals surface area (Å²) < 4.78 is 76.6. The molecule has 0 atom stereocenters. The van der Waals surface area contributed by atoms with Gasteiger partial charge in [0.15, 0.2) is 10.9 Å². The topological polar surface area (TPSA) is 55.1 Å². The van der Waals surface area contributed by atoms with E-state index in [1.54, 1.807) is 0 Å². The van der Waals surface area contributed by atoms with Crippen molar-refractivity contribution in [3.05, 3.63) is 28.8 Å². The van der Waals surface area contributed by atoms with E-state index in [4.69, 9.17) is 5.73 Å². The van der Waals surface area contributed by atoms with Crippen LogP contribution in [0.25, 0.3) is 0 Å². The van der Waals surface area contributed by atoms with Crippen LogP contribution in [-0.4, -0.2) is 10.9 Å². The molecule has 0 spiro atoms. The Labute approximate surface area is 120 Å². The summed E-state index contributed by atoms with van der Waals surface area (Å²) in [5, 5.41) is 1.40. The largest absolute Gasteiger partial charge is 0.417 e. The average Bonchev–Trinajstić information content (AvgIpc) is 2.23. The van der Waals surface area contributed by atoms with Crippen LogP contribution < -0.4 is 11.1 Å². The summed E-state index contributed by atoms with van der Waals surface area (Å²) in [4.78, 5) is 11.4. The van der Waals surface area contributed by atoms with Crippen molar-refractivity contribution in [1.29, 1.82) is 0 Å². The average molecular weight is 330 g/mol. The second-order valence-electron chi connectivity index (χ2n) is 3.99. The zero-order chi connectivity index (χ0) is 16.6. The lowest BCUT2D eigenvalue weighted by molar-refractivity contribution is -0.143. The van der Waals surface area contributed by atoms with Gasteiger partial charge in [0.25, 0.3) is 0 Å². The van der Waals surface area contributed by atoms with Gasteiger partial charge in [0.05, 0.1) is 22.4 Å². The number of ketones is 1. The van der Waals surface area contributed by atoms with E-state index in [0.717, 1.165) is 6.92 Å². The molecule has 0 aliphatic rings. The van der Waals surface area contributed by atoms with Gasteiger partial charge < -0.3 is 11.1 Å². The van der Waals surface area contributed by atoms with Crippen LogP contribution in [0, 0.1) is 0 Å². The Morgan fingerprint density at radius 1 is 1.14 bits per heavy atom. The molecule has 0 fully saturated rings. The number of nitrogens with two attached hydrogens (primary N) is 1. The molecule has 0 aromatic heterocycles. The standard InChI is InChI=1S/C11H8F6N2OS/c1-4(20)8-6(11(15,16)17)2-5(10(12,13)14)3-7(8)19-9(18)21/h2-3H,1H3,(H3,18,19,21). The van der Waals surface area contributed by atoms with E-state index in [9.17, 15) is 31.1 Å². The summed E-state index contributed by atoms with van der Waals surface area (Å²) in [5.41, 5.74) is 0.0885. The van der Waals surface area contributed by atoms with E-state index in [2.05, 4.69) is 12.2 Å². The molecule has 0 amide bonds. The monoisotopic (exact) mass is 330 g/mol. The predicted octanol–water partition coefficient (Wildman–Crippen LogP) is 3.58. The Hall–Kier alpha value is -1.84. The molecule has 3 N–H and O–H groups in total. The first-order valence-electron chi connectivity index (χ1n) is 5.24. The van der Waals surface area contributed by atoms with E-state index >= 15 is 0 Å². The Kier molecular flexibility index (Phi) is 4.51. The molecule has 0 aliphatic heterocycles. The number of thiocarbonyl (C=S) groups is 1. The van der Waals surface area contributed by atoms with Crippen molar-refractivity contribution in [3.63, 3.8) is 0 Å². The Morgan fingerprint density at radius 2 is 1.67 bits per heavy atom. The highest BCUT2D eigenvalue weighted by molar-refractivity contribution is 7.80. The molecule has 0 saturated heterocycles. The maximum Gasteiger partial charge on any atom is 0.417 e. The van der Waals surface area contributed by atoms with E-state index in [1.807, 2.05) is 5.32 Å². The van der Waals surface area contributed by atoms with Crippen LogP contribution >= 0.6 is 12.2 Å². The fourth-order valence-electron chi connectivity index (χ4n) is 1.64. The van der Waals surface area contributed by atoms with Gasteiger partial charge in [0.1, 0.15) is 0 Å². The van der Waals surface area contributed by atoms with Crippen molar-refractivity contribution in [3.8, 4) is 0 Å². The number of halogens is 6. The summed E-state index contributed by atoms with van der Waals surface area (Å²) >= 11 is 4.39. The summed E-state index contributed by atoms with van der Waals surface area (Å²) in [7, 11) is 0. The van der Waals surface area contributed by atoms with Crippen LogP contribution in [0.4, 0.5) is 32.0 Å². The minimum absolute atomic E-state index is 0.124. The van der Waals surface area contributed by atoms with Crippen molar-refractivity contribution in [1.82, 2.24) is 0 Å². The number of hydrogen-bond acceptors (Lipinski definition) is 2. The number of carbonyl (C=O) groups is 1. The van der Waals surface area contributed by atoms with Gasteiger partial charge in [-0.05, 0) is 31.3 Å². The smallest absolute Gasteiger partial charge is 0.376 e. The van der Waals surface area contributed by atoms with Gasteiger partial charge in [0.2, 0.25) is 0 Å². The van der Waals surface area contributed by atoms with Crippen LogP contribution in [0.3, 0.4) is 0 Å². The summed E-state index contributed by atoms with van der Waals surface area (Å²) in [5.74, 6) is -1.07. The van der Waals surface area contributed by atoms with Gasteiger partial charge in [-0.15, -0.1) is 0 Å². The first-order valence-corrected chi connectivity index (χ1v) is 5.64. The summed E-state index contributed by atoms with van der Waals surface area (Å²) in [6.07, 6.45) is -10.2. The number of alkyl halides is 6. The normalized spacial score (nSPS) is 12.1. The van der Waals surface area contributed by atoms with E-state index in [-0.39, 0.29) is 6.07 Å². The van der Waals surface area contributed by atoms with Gasteiger partial charge in [-0.2, -0.15) is 26.3 Å². The lowest BCUT2D eigenvalue weighted by Gasteiger charge is -2.19. The van der Waals surface area contributed by atoms with Crippen LogP contribution in [0.15, 0.2) is 12.1 Å². The van der Waals surface area contributed by atoms with Crippen molar-refractivity contribution in [2.24, 2.45) is 5.73 Å². The molecule has 0 unspecified atom stereocenters. The molecule has 0 radical (unpaired) electrons. The lowest BCUT2D eigenvalue weighted by atomic mass is 9.98. The molecule has 0 heterocycles. The predicted molar refractivity (Wildman–Crippen MR) is 66.9 cm³/mol. The molecular formula is C11H8F6N2OS. The van der Waals surface area contributed by atoms with E-state index in [0.29, 0.717) is 6.07 Å². The third-order valence-corrected chi connectivity index (χ3v) is 2.48. The molecule has 10 heteroatoms. The van der Waals surface area contributed by atoms with E-state index < -0.39 is 45.6 Å². The summed E-state index contributed by atoms with van der Waals surface area (Å²) in [6, 6.07) is 0.229. The van der Waals surface area contributed by atoms with E-state index in [1.165, 1.54) is 0 Å². The van der Waals surface area contributed by atoms with Gasteiger partial charge in [-0.1, -0.05) is 0 Å². The molecule has 3 nitrogen and oxygen atoms in total.